The third-order valence-corrected chi connectivity index (χ3v) is 3.72. The van der Waals surface area contributed by atoms with Gasteiger partial charge in [-0.05, 0) is 18.6 Å². The van der Waals surface area contributed by atoms with Crippen LogP contribution in [0.2, 0.25) is 0 Å². The molecule has 0 saturated carbocycles. The molecule has 19 heavy (non-hydrogen) atoms. The van der Waals surface area contributed by atoms with Gasteiger partial charge in [0.15, 0.2) is 11.0 Å². The molecule has 0 aliphatic rings. The van der Waals surface area contributed by atoms with E-state index >= 15 is 0 Å². The largest absolute Gasteiger partial charge is 0.305 e. The molecule has 0 bridgehead atoms. The van der Waals surface area contributed by atoms with Crippen LogP contribution < -0.4 is 0 Å². The normalized spacial score (nSPS) is 10.4. The molecule has 6 heteroatoms. The van der Waals surface area contributed by atoms with Crippen LogP contribution in [0.1, 0.15) is 12.8 Å². The van der Waals surface area contributed by atoms with Gasteiger partial charge in [0.1, 0.15) is 5.82 Å². The van der Waals surface area contributed by atoms with Gasteiger partial charge in [-0.15, -0.1) is 10.2 Å². The smallest absolute Gasteiger partial charge is 0.191 e. The Labute approximate surface area is 115 Å². The van der Waals surface area contributed by atoms with Crippen molar-refractivity contribution in [1.82, 2.24) is 14.8 Å². The minimum absolute atomic E-state index is 0.306. The fourth-order valence-corrected chi connectivity index (χ4v) is 2.48. The van der Waals surface area contributed by atoms with Gasteiger partial charge in [-0.25, -0.2) is 4.39 Å². The van der Waals surface area contributed by atoms with Crippen molar-refractivity contribution in [2.24, 2.45) is 7.05 Å². The number of hydrogen-bond donors (Lipinski definition) is 0. The van der Waals surface area contributed by atoms with E-state index in [-0.39, 0.29) is 5.82 Å². The van der Waals surface area contributed by atoms with Crippen LogP contribution >= 0.6 is 11.8 Å². The lowest BCUT2D eigenvalue weighted by molar-refractivity contribution is 0.628. The summed E-state index contributed by atoms with van der Waals surface area (Å²) in [5.41, 5.74) is 0.446. The van der Waals surface area contributed by atoms with Crippen molar-refractivity contribution in [2.75, 3.05) is 5.75 Å². The second-order valence-electron chi connectivity index (χ2n) is 3.96. The topological polar surface area (TPSA) is 54.5 Å². The molecule has 0 spiro atoms. The average molecular weight is 276 g/mol. The molecule has 0 aliphatic heterocycles. The van der Waals surface area contributed by atoms with Crippen molar-refractivity contribution in [3.63, 3.8) is 0 Å². The zero-order valence-electron chi connectivity index (χ0n) is 10.5. The molecule has 2 aromatic rings. The number of nitrogens with zero attached hydrogens (tertiary/aromatic N) is 4. The summed E-state index contributed by atoms with van der Waals surface area (Å²) in [5, 5.41) is 17.3. The Bertz CT molecular complexity index is 603. The first-order chi connectivity index (χ1) is 9.24. The van der Waals surface area contributed by atoms with E-state index in [2.05, 4.69) is 16.3 Å². The lowest BCUT2D eigenvalue weighted by Gasteiger charge is -2.04. The van der Waals surface area contributed by atoms with Gasteiger partial charge in [0, 0.05) is 19.2 Å². The fourth-order valence-electron chi connectivity index (χ4n) is 1.63. The van der Waals surface area contributed by atoms with Gasteiger partial charge >= 0.3 is 0 Å². The highest BCUT2D eigenvalue weighted by atomic mass is 32.2. The van der Waals surface area contributed by atoms with Crippen molar-refractivity contribution in [3.8, 4) is 17.5 Å². The molecule has 2 rings (SSSR count). The summed E-state index contributed by atoms with van der Waals surface area (Å²) in [5.74, 6) is 1.01. The van der Waals surface area contributed by atoms with Crippen LogP contribution in [0.4, 0.5) is 4.39 Å². The van der Waals surface area contributed by atoms with E-state index in [0.29, 0.717) is 17.8 Å². The molecule has 0 unspecified atom stereocenters. The quantitative estimate of drug-likeness (QED) is 0.622. The molecule has 0 aliphatic carbocycles. The van der Waals surface area contributed by atoms with Crippen molar-refractivity contribution < 1.29 is 4.39 Å². The lowest BCUT2D eigenvalue weighted by atomic mass is 10.2. The molecule has 0 N–H and O–H groups in total. The van der Waals surface area contributed by atoms with Gasteiger partial charge in [0.25, 0.3) is 0 Å². The monoisotopic (exact) mass is 276 g/mol. The van der Waals surface area contributed by atoms with Crippen LogP contribution in [0.3, 0.4) is 0 Å². The van der Waals surface area contributed by atoms with Gasteiger partial charge in [-0.1, -0.05) is 23.9 Å². The molecule has 0 saturated heterocycles. The molecular weight excluding hydrogens is 263 g/mol. The van der Waals surface area contributed by atoms with Crippen molar-refractivity contribution in [1.29, 1.82) is 5.26 Å². The predicted molar refractivity (Wildman–Crippen MR) is 72.0 cm³/mol. The summed E-state index contributed by atoms with van der Waals surface area (Å²) in [7, 11) is 1.81. The first kappa shape index (κ1) is 13.6. The number of unbranched alkanes of at least 4 members (excludes halogenated alkanes) is 1. The Kier molecular flexibility index (Phi) is 4.53. The standard InChI is InChI=1S/C13H13FN4S/c1-18-12(10-6-2-3-7-11(10)14)16-17-13(18)19-9-5-4-8-15/h2-3,6-7H,4-5,9H2,1H3. The third-order valence-electron chi connectivity index (χ3n) is 2.61. The summed E-state index contributed by atoms with van der Waals surface area (Å²) >= 11 is 1.52. The molecule has 1 aromatic carbocycles. The van der Waals surface area contributed by atoms with Crippen LogP contribution in [0, 0.1) is 17.1 Å². The second kappa shape index (κ2) is 6.34. The Morgan fingerprint density at radius 3 is 2.89 bits per heavy atom. The molecule has 4 nitrogen and oxygen atoms in total. The highest BCUT2D eigenvalue weighted by molar-refractivity contribution is 7.99. The highest BCUT2D eigenvalue weighted by Crippen LogP contribution is 2.24. The SMILES string of the molecule is Cn1c(SCCCC#N)nnc1-c1ccccc1F. The van der Waals surface area contributed by atoms with Crippen LogP contribution in [0.25, 0.3) is 11.4 Å². The first-order valence-electron chi connectivity index (χ1n) is 5.88. The number of nitriles is 1. The summed E-state index contributed by atoms with van der Waals surface area (Å²) in [6.45, 7) is 0. The van der Waals surface area contributed by atoms with Crippen LogP contribution in [0.5, 0.6) is 0 Å². The number of thioether (sulfide) groups is 1. The third kappa shape index (κ3) is 3.12. The number of rotatable bonds is 5. The number of benzene rings is 1. The van der Waals surface area contributed by atoms with Gasteiger partial charge in [0.2, 0.25) is 0 Å². The summed E-state index contributed by atoms with van der Waals surface area (Å²) < 4.78 is 15.5. The van der Waals surface area contributed by atoms with Gasteiger partial charge in [-0.3, -0.25) is 0 Å². The number of halogens is 1. The molecule has 98 valence electrons. The molecule has 0 radical (unpaired) electrons. The van der Waals surface area contributed by atoms with E-state index in [9.17, 15) is 4.39 Å². The van der Waals surface area contributed by atoms with Gasteiger partial charge < -0.3 is 4.57 Å². The molecule has 1 aromatic heterocycles. The minimum Gasteiger partial charge on any atom is -0.305 e. The maximum absolute atomic E-state index is 13.7. The Morgan fingerprint density at radius 2 is 2.16 bits per heavy atom. The minimum atomic E-state index is -0.306. The summed E-state index contributed by atoms with van der Waals surface area (Å²) in [6.07, 6.45) is 1.34. The zero-order chi connectivity index (χ0) is 13.7. The van der Waals surface area contributed by atoms with Gasteiger partial charge in [0.05, 0.1) is 11.6 Å². The second-order valence-corrected chi connectivity index (χ2v) is 5.02. The zero-order valence-corrected chi connectivity index (χ0v) is 11.3. The van der Waals surface area contributed by atoms with E-state index < -0.39 is 0 Å². The fraction of sp³-hybridized carbons (Fsp3) is 0.308. The van der Waals surface area contributed by atoms with E-state index in [1.165, 1.54) is 17.8 Å². The van der Waals surface area contributed by atoms with Crippen LogP contribution in [0.15, 0.2) is 29.4 Å². The van der Waals surface area contributed by atoms with Crippen molar-refractivity contribution >= 4 is 11.8 Å². The maximum Gasteiger partial charge on any atom is 0.191 e. The summed E-state index contributed by atoms with van der Waals surface area (Å²) in [4.78, 5) is 0. The van der Waals surface area contributed by atoms with E-state index in [4.69, 9.17) is 5.26 Å². The van der Waals surface area contributed by atoms with Crippen molar-refractivity contribution in [3.05, 3.63) is 30.1 Å². The molecular formula is C13H13FN4S. The lowest BCUT2D eigenvalue weighted by Crippen LogP contribution is -1.96. The van der Waals surface area contributed by atoms with Gasteiger partial charge in [-0.2, -0.15) is 5.26 Å². The molecule has 0 atom stereocenters. The van der Waals surface area contributed by atoms with Crippen LogP contribution in [-0.4, -0.2) is 20.5 Å². The predicted octanol–water partition coefficient (Wildman–Crippen LogP) is 3.02. The van der Waals surface area contributed by atoms with Crippen LogP contribution in [-0.2, 0) is 7.05 Å². The Hall–Kier alpha value is -1.87. The number of aromatic nitrogens is 3. The summed E-state index contributed by atoms with van der Waals surface area (Å²) in [6, 6.07) is 8.61. The van der Waals surface area contributed by atoms with Crippen molar-refractivity contribution in [2.45, 2.75) is 18.0 Å². The van der Waals surface area contributed by atoms with E-state index in [1.54, 1.807) is 22.8 Å². The highest BCUT2D eigenvalue weighted by Gasteiger charge is 2.13. The number of hydrogen-bond acceptors (Lipinski definition) is 4. The molecule has 0 fully saturated rings. The Balaban J connectivity index is 2.15. The first-order valence-corrected chi connectivity index (χ1v) is 6.86. The van der Waals surface area contributed by atoms with E-state index in [1.807, 2.05) is 7.05 Å². The maximum atomic E-state index is 13.7. The average Bonchev–Trinajstić information content (AvgIpc) is 2.77. The molecule has 0 amide bonds. The Morgan fingerprint density at radius 1 is 1.37 bits per heavy atom. The van der Waals surface area contributed by atoms with E-state index in [0.717, 1.165) is 17.3 Å². The molecule has 1 heterocycles.